The van der Waals surface area contributed by atoms with Crippen LogP contribution in [-0.4, -0.2) is 50.8 Å². The van der Waals surface area contributed by atoms with Gasteiger partial charge in [-0.15, -0.1) is 0 Å². The van der Waals surface area contributed by atoms with Gasteiger partial charge in [0.25, 0.3) is 5.91 Å². The number of nitrogens with zero attached hydrogens (tertiary/aromatic N) is 1. The van der Waals surface area contributed by atoms with Crippen LogP contribution in [-0.2, 0) is 4.74 Å². The lowest BCUT2D eigenvalue weighted by Crippen LogP contribution is -2.44. The lowest BCUT2D eigenvalue weighted by molar-refractivity contribution is 0.0162. The summed E-state index contributed by atoms with van der Waals surface area (Å²) in [4.78, 5) is 14.4. The topological polar surface area (TPSA) is 50.8 Å². The Morgan fingerprint density at radius 2 is 1.76 bits per heavy atom. The minimum Gasteiger partial charge on any atom is -0.497 e. The summed E-state index contributed by atoms with van der Waals surface area (Å²) < 4.78 is 64.4. The van der Waals surface area contributed by atoms with Gasteiger partial charge in [0.1, 0.15) is 5.75 Å². The van der Waals surface area contributed by atoms with Gasteiger partial charge in [-0.25, -0.2) is 17.6 Å². The molecule has 1 N–H and O–H groups in total. The Balaban J connectivity index is 1.80. The van der Waals surface area contributed by atoms with Crippen molar-refractivity contribution in [2.24, 2.45) is 0 Å². The Kier molecular flexibility index (Phi) is 6.71. The number of morpholine rings is 1. The van der Waals surface area contributed by atoms with Crippen LogP contribution in [0.5, 0.6) is 5.75 Å². The van der Waals surface area contributed by atoms with Crippen molar-refractivity contribution in [2.45, 2.75) is 6.04 Å². The second-order valence-electron chi connectivity index (χ2n) is 6.50. The Morgan fingerprint density at radius 3 is 2.38 bits per heavy atom. The third-order valence-corrected chi connectivity index (χ3v) is 4.79. The normalized spacial score (nSPS) is 15.8. The molecule has 1 atom stereocenters. The molecule has 0 saturated carbocycles. The van der Waals surface area contributed by atoms with Crippen LogP contribution in [0.3, 0.4) is 0 Å². The van der Waals surface area contributed by atoms with Gasteiger partial charge in [0, 0.05) is 19.6 Å². The molecule has 0 spiro atoms. The average molecular weight is 412 g/mol. The highest BCUT2D eigenvalue weighted by Gasteiger charge is 2.26. The number of carbonyl (C=O) groups is 1. The van der Waals surface area contributed by atoms with E-state index in [2.05, 4.69) is 10.2 Å². The van der Waals surface area contributed by atoms with Gasteiger partial charge in [-0.3, -0.25) is 9.69 Å². The summed E-state index contributed by atoms with van der Waals surface area (Å²) in [5.74, 6) is -7.70. The number of methoxy groups -OCH3 is 1. The van der Waals surface area contributed by atoms with E-state index in [1.165, 1.54) is 0 Å². The maximum absolute atomic E-state index is 13.9. The molecule has 0 bridgehead atoms. The Morgan fingerprint density at radius 1 is 1.10 bits per heavy atom. The van der Waals surface area contributed by atoms with Crippen LogP contribution in [0.2, 0.25) is 0 Å². The maximum atomic E-state index is 13.9. The van der Waals surface area contributed by atoms with Crippen molar-refractivity contribution in [1.82, 2.24) is 10.2 Å². The predicted octanol–water partition coefficient (Wildman–Crippen LogP) is 3.05. The third kappa shape index (κ3) is 4.68. The summed E-state index contributed by atoms with van der Waals surface area (Å²) in [5, 5.41) is 2.49. The molecule has 1 amide bonds. The van der Waals surface area contributed by atoms with Gasteiger partial charge in [-0.05, 0) is 23.8 Å². The number of benzene rings is 2. The molecule has 2 aromatic rings. The average Bonchev–Trinajstić information content (AvgIpc) is 2.76. The summed E-state index contributed by atoms with van der Waals surface area (Å²) in [7, 11) is 1.55. The van der Waals surface area contributed by atoms with Gasteiger partial charge in [0.05, 0.1) is 31.9 Å². The molecule has 5 nitrogen and oxygen atoms in total. The van der Waals surface area contributed by atoms with Crippen LogP contribution in [0.25, 0.3) is 0 Å². The molecule has 1 aliphatic rings. The highest BCUT2D eigenvalue weighted by atomic mass is 19.2. The fourth-order valence-corrected chi connectivity index (χ4v) is 3.20. The van der Waals surface area contributed by atoms with Crippen LogP contribution in [0, 0.1) is 23.3 Å². The molecule has 0 aromatic heterocycles. The molecule has 3 rings (SSSR count). The molecule has 0 radical (unpaired) electrons. The van der Waals surface area contributed by atoms with E-state index >= 15 is 0 Å². The maximum Gasteiger partial charge on any atom is 0.254 e. The molecule has 0 unspecified atom stereocenters. The van der Waals surface area contributed by atoms with E-state index in [4.69, 9.17) is 9.47 Å². The van der Waals surface area contributed by atoms with Crippen LogP contribution >= 0.6 is 0 Å². The molecule has 2 aromatic carbocycles. The quantitative estimate of drug-likeness (QED) is 0.450. The molecular weight excluding hydrogens is 392 g/mol. The number of ether oxygens (including phenoxy) is 2. The summed E-state index contributed by atoms with van der Waals surface area (Å²) in [5.41, 5.74) is -0.0261. The Hall–Kier alpha value is -2.65. The van der Waals surface area contributed by atoms with Gasteiger partial charge in [-0.1, -0.05) is 12.1 Å². The zero-order valence-electron chi connectivity index (χ0n) is 15.7. The van der Waals surface area contributed by atoms with E-state index in [1.807, 2.05) is 12.1 Å². The molecule has 1 aliphatic heterocycles. The van der Waals surface area contributed by atoms with Gasteiger partial charge in [-0.2, -0.15) is 0 Å². The summed E-state index contributed by atoms with van der Waals surface area (Å²) in [6.45, 7) is 2.31. The Bertz CT molecular complexity index is 871. The fourth-order valence-electron chi connectivity index (χ4n) is 3.20. The van der Waals surface area contributed by atoms with Crippen molar-refractivity contribution in [3.05, 3.63) is 64.7 Å². The van der Waals surface area contributed by atoms with E-state index in [1.54, 1.807) is 19.2 Å². The largest absolute Gasteiger partial charge is 0.497 e. The molecule has 1 fully saturated rings. The molecule has 1 saturated heterocycles. The fraction of sp³-hybridized carbons (Fsp3) is 0.350. The van der Waals surface area contributed by atoms with E-state index in [9.17, 15) is 22.4 Å². The molecule has 156 valence electrons. The first-order valence-corrected chi connectivity index (χ1v) is 8.99. The smallest absolute Gasteiger partial charge is 0.254 e. The molecule has 0 aliphatic carbocycles. The van der Waals surface area contributed by atoms with Crippen molar-refractivity contribution in [2.75, 3.05) is 40.0 Å². The van der Waals surface area contributed by atoms with Crippen molar-refractivity contribution in [3.63, 3.8) is 0 Å². The SMILES string of the molecule is COc1ccc([C@@H](CNC(=O)c2cc(F)c(F)c(F)c2F)N2CCOCC2)cc1. The molecule has 1 heterocycles. The summed E-state index contributed by atoms with van der Waals surface area (Å²) in [6, 6.07) is 7.28. The highest BCUT2D eigenvalue weighted by molar-refractivity contribution is 5.94. The number of rotatable bonds is 6. The van der Waals surface area contributed by atoms with E-state index in [0.29, 0.717) is 38.1 Å². The van der Waals surface area contributed by atoms with Crippen molar-refractivity contribution in [1.29, 1.82) is 0 Å². The van der Waals surface area contributed by atoms with Gasteiger partial charge < -0.3 is 14.8 Å². The number of nitrogens with one attached hydrogen (secondary N) is 1. The lowest BCUT2D eigenvalue weighted by Gasteiger charge is -2.35. The van der Waals surface area contributed by atoms with Crippen molar-refractivity contribution in [3.8, 4) is 5.75 Å². The van der Waals surface area contributed by atoms with E-state index in [-0.39, 0.29) is 12.6 Å². The first-order valence-electron chi connectivity index (χ1n) is 8.99. The first-order chi connectivity index (χ1) is 13.9. The van der Waals surface area contributed by atoms with E-state index < -0.39 is 34.7 Å². The van der Waals surface area contributed by atoms with Gasteiger partial charge in [0.15, 0.2) is 23.3 Å². The van der Waals surface area contributed by atoms with E-state index in [0.717, 1.165) is 5.56 Å². The minimum absolute atomic E-state index is 0.0468. The first kappa shape index (κ1) is 21.1. The number of hydrogen-bond acceptors (Lipinski definition) is 4. The molecule has 29 heavy (non-hydrogen) atoms. The molecule has 9 heteroatoms. The van der Waals surface area contributed by atoms with Crippen LogP contribution in [0.4, 0.5) is 17.6 Å². The summed E-state index contributed by atoms with van der Waals surface area (Å²) in [6.07, 6.45) is 0. The zero-order chi connectivity index (χ0) is 21.0. The number of halogens is 4. The summed E-state index contributed by atoms with van der Waals surface area (Å²) >= 11 is 0. The number of carbonyl (C=O) groups excluding carboxylic acids is 1. The van der Waals surface area contributed by atoms with Crippen LogP contribution in [0.1, 0.15) is 22.0 Å². The third-order valence-electron chi connectivity index (χ3n) is 4.79. The zero-order valence-corrected chi connectivity index (χ0v) is 15.7. The van der Waals surface area contributed by atoms with Crippen molar-refractivity contribution >= 4 is 5.91 Å². The monoisotopic (exact) mass is 412 g/mol. The second-order valence-corrected chi connectivity index (χ2v) is 6.50. The van der Waals surface area contributed by atoms with Gasteiger partial charge >= 0.3 is 0 Å². The van der Waals surface area contributed by atoms with Crippen LogP contribution < -0.4 is 10.1 Å². The van der Waals surface area contributed by atoms with Crippen LogP contribution in [0.15, 0.2) is 30.3 Å². The molecular formula is C20H20F4N2O3. The van der Waals surface area contributed by atoms with Gasteiger partial charge in [0.2, 0.25) is 0 Å². The Labute approximate surface area is 165 Å². The second kappa shape index (κ2) is 9.23. The standard InChI is InChI=1S/C20H20F4N2O3/c1-28-13-4-2-12(3-5-13)16(26-6-8-29-9-7-26)11-25-20(27)14-10-15(21)18(23)19(24)17(14)22/h2-5,10,16H,6-9,11H2,1H3,(H,25,27)/t16-/m1/s1. The highest BCUT2D eigenvalue weighted by Crippen LogP contribution is 2.24. The number of amides is 1. The van der Waals surface area contributed by atoms with Crippen molar-refractivity contribution < 1.29 is 31.8 Å². The minimum atomic E-state index is -2.02. The lowest BCUT2D eigenvalue weighted by atomic mass is 10.0. The number of hydrogen-bond donors (Lipinski definition) is 1. The predicted molar refractivity (Wildman–Crippen MR) is 96.7 cm³/mol.